The number of nitrogens with two attached hydrogens (primary N) is 1. The minimum atomic E-state index is 0.237. The summed E-state index contributed by atoms with van der Waals surface area (Å²) in [6.07, 6.45) is 1.60. The standard InChI is InChI=1S/C21H19ClN4S2/c22-18-11-12-24-19(13-18)20(23)25-26-21(27-14-16-7-3-1-4-8-16)28-15-17-9-5-2-6-10-17/h1-13H,14-15H2,(H2,23,25). The summed E-state index contributed by atoms with van der Waals surface area (Å²) in [4.78, 5) is 4.18. The second-order valence-electron chi connectivity index (χ2n) is 5.76. The topological polar surface area (TPSA) is 63.6 Å². The van der Waals surface area contributed by atoms with E-state index in [2.05, 4.69) is 39.5 Å². The van der Waals surface area contributed by atoms with E-state index in [9.17, 15) is 0 Å². The molecule has 0 aliphatic rings. The third-order valence-corrected chi connectivity index (χ3v) is 6.19. The average Bonchev–Trinajstić information content (AvgIpc) is 2.74. The predicted octanol–water partition coefficient (Wildman–Crippen LogP) is 5.58. The molecule has 0 aliphatic heterocycles. The van der Waals surface area contributed by atoms with Gasteiger partial charge in [0.15, 0.2) is 10.2 Å². The molecule has 0 atom stereocenters. The molecule has 7 heteroatoms. The molecule has 0 spiro atoms. The molecule has 28 heavy (non-hydrogen) atoms. The number of amidine groups is 1. The molecule has 0 radical (unpaired) electrons. The Labute approximate surface area is 178 Å². The van der Waals surface area contributed by atoms with Crippen molar-refractivity contribution in [2.45, 2.75) is 11.5 Å². The van der Waals surface area contributed by atoms with Gasteiger partial charge in [-0.3, -0.25) is 4.98 Å². The van der Waals surface area contributed by atoms with Crippen LogP contribution in [0, 0.1) is 0 Å². The van der Waals surface area contributed by atoms with Crippen LogP contribution >= 0.6 is 35.1 Å². The fourth-order valence-electron chi connectivity index (χ4n) is 2.23. The summed E-state index contributed by atoms with van der Waals surface area (Å²) in [5, 5.41) is 9.12. The SMILES string of the molecule is N/C(=N\N=C(SCc1ccccc1)SCc1ccccc1)c1cc(Cl)ccn1. The van der Waals surface area contributed by atoms with Crippen molar-refractivity contribution in [3.8, 4) is 0 Å². The summed E-state index contributed by atoms with van der Waals surface area (Å²) in [5.74, 6) is 1.86. The van der Waals surface area contributed by atoms with Gasteiger partial charge in [-0.05, 0) is 23.3 Å². The van der Waals surface area contributed by atoms with Crippen LogP contribution in [0.4, 0.5) is 0 Å². The molecular formula is C21H19ClN4S2. The van der Waals surface area contributed by atoms with Gasteiger partial charge >= 0.3 is 0 Å². The van der Waals surface area contributed by atoms with Crippen LogP contribution < -0.4 is 5.73 Å². The zero-order valence-electron chi connectivity index (χ0n) is 15.0. The van der Waals surface area contributed by atoms with E-state index >= 15 is 0 Å². The number of pyridine rings is 1. The van der Waals surface area contributed by atoms with Crippen LogP contribution in [0.5, 0.6) is 0 Å². The minimum absolute atomic E-state index is 0.237. The fourth-order valence-corrected chi connectivity index (χ4v) is 4.24. The van der Waals surface area contributed by atoms with Crippen molar-refractivity contribution in [3.63, 3.8) is 0 Å². The van der Waals surface area contributed by atoms with E-state index in [1.807, 2.05) is 36.4 Å². The van der Waals surface area contributed by atoms with Crippen molar-refractivity contribution in [3.05, 3.63) is 101 Å². The Bertz CT molecular complexity index is 901. The van der Waals surface area contributed by atoms with Gasteiger partial charge < -0.3 is 5.73 Å². The van der Waals surface area contributed by atoms with E-state index < -0.39 is 0 Å². The zero-order chi connectivity index (χ0) is 19.6. The van der Waals surface area contributed by atoms with Gasteiger partial charge in [-0.15, -0.1) is 10.2 Å². The molecule has 1 heterocycles. The van der Waals surface area contributed by atoms with Gasteiger partial charge in [0.25, 0.3) is 0 Å². The molecule has 0 amide bonds. The molecule has 0 saturated heterocycles. The van der Waals surface area contributed by atoms with Crippen LogP contribution in [-0.4, -0.2) is 15.2 Å². The van der Waals surface area contributed by atoms with E-state index in [1.165, 1.54) is 11.1 Å². The molecule has 2 aromatic carbocycles. The predicted molar refractivity (Wildman–Crippen MR) is 123 cm³/mol. The maximum absolute atomic E-state index is 6.03. The molecule has 3 rings (SSSR count). The van der Waals surface area contributed by atoms with Gasteiger partial charge in [0.1, 0.15) is 5.69 Å². The number of aromatic nitrogens is 1. The fraction of sp³-hybridized carbons (Fsp3) is 0.0952. The number of thioether (sulfide) groups is 2. The van der Waals surface area contributed by atoms with Gasteiger partial charge in [0, 0.05) is 22.7 Å². The maximum atomic E-state index is 6.03. The summed E-state index contributed by atoms with van der Waals surface area (Å²) in [5.41, 5.74) is 9.00. The lowest BCUT2D eigenvalue weighted by Gasteiger charge is -2.06. The van der Waals surface area contributed by atoms with Gasteiger partial charge in [-0.25, -0.2) is 0 Å². The molecule has 142 valence electrons. The van der Waals surface area contributed by atoms with E-state index in [-0.39, 0.29) is 5.84 Å². The Morgan fingerprint density at radius 3 is 1.96 bits per heavy atom. The molecule has 0 unspecified atom stereocenters. The lowest BCUT2D eigenvalue weighted by Crippen LogP contribution is -2.14. The van der Waals surface area contributed by atoms with Crippen molar-refractivity contribution in [2.75, 3.05) is 0 Å². The van der Waals surface area contributed by atoms with Crippen LogP contribution in [-0.2, 0) is 11.5 Å². The smallest absolute Gasteiger partial charge is 0.172 e. The van der Waals surface area contributed by atoms with E-state index in [1.54, 1.807) is 41.9 Å². The largest absolute Gasteiger partial charge is 0.380 e. The number of halogens is 1. The minimum Gasteiger partial charge on any atom is -0.380 e. The van der Waals surface area contributed by atoms with Crippen LogP contribution in [0.2, 0.25) is 5.02 Å². The summed E-state index contributed by atoms with van der Waals surface area (Å²) in [7, 11) is 0. The van der Waals surface area contributed by atoms with Gasteiger partial charge in [0.2, 0.25) is 0 Å². The van der Waals surface area contributed by atoms with Crippen LogP contribution in [0.1, 0.15) is 16.8 Å². The van der Waals surface area contributed by atoms with E-state index in [0.717, 1.165) is 15.9 Å². The molecule has 0 aliphatic carbocycles. The highest BCUT2D eigenvalue weighted by Crippen LogP contribution is 2.25. The first-order chi connectivity index (χ1) is 13.7. The van der Waals surface area contributed by atoms with Crippen molar-refractivity contribution in [1.29, 1.82) is 0 Å². The molecule has 1 aromatic heterocycles. The van der Waals surface area contributed by atoms with Crippen molar-refractivity contribution >= 4 is 45.3 Å². The Morgan fingerprint density at radius 1 is 0.857 bits per heavy atom. The van der Waals surface area contributed by atoms with Crippen LogP contribution in [0.3, 0.4) is 0 Å². The van der Waals surface area contributed by atoms with Gasteiger partial charge in [-0.1, -0.05) is 95.8 Å². The third kappa shape index (κ3) is 6.71. The molecule has 3 aromatic rings. The van der Waals surface area contributed by atoms with Crippen LogP contribution in [0.15, 0.2) is 89.2 Å². The number of rotatable bonds is 6. The zero-order valence-corrected chi connectivity index (χ0v) is 17.4. The summed E-state index contributed by atoms with van der Waals surface area (Å²) in [6.45, 7) is 0. The Morgan fingerprint density at radius 2 is 1.43 bits per heavy atom. The second kappa shape index (κ2) is 10.9. The monoisotopic (exact) mass is 426 g/mol. The molecule has 0 saturated carbocycles. The van der Waals surface area contributed by atoms with E-state index in [0.29, 0.717) is 10.7 Å². The highest BCUT2D eigenvalue weighted by Gasteiger charge is 2.06. The Hall–Kier alpha value is -2.28. The molecular weight excluding hydrogens is 408 g/mol. The highest BCUT2D eigenvalue weighted by molar-refractivity contribution is 8.38. The average molecular weight is 427 g/mol. The van der Waals surface area contributed by atoms with Gasteiger partial charge in [0.05, 0.1) is 0 Å². The first-order valence-corrected chi connectivity index (χ1v) is 10.9. The second-order valence-corrected chi connectivity index (χ2v) is 8.38. The number of hydrogen-bond acceptors (Lipinski definition) is 5. The molecule has 0 bridgehead atoms. The third-order valence-electron chi connectivity index (χ3n) is 3.63. The Kier molecular flexibility index (Phi) is 7.96. The Balaban J connectivity index is 1.73. The molecule has 2 N–H and O–H groups in total. The first-order valence-electron chi connectivity index (χ1n) is 8.57. The van der Waals surface area contributed by atoms with Crippen molar-refractivity contribution in [2.24, 2.45) is 15.9 Å². The summed E-state index contributed by atoms with van der Waals surface area (Å²) >= 11 is 9.27. The normalized spacial score (nSPS) is 11.2. The first kappa shape index (κ1) is 20.5. The summed E-state index contributed by atoms with van der Waals surface area (Å²) < 4.78 is 0.845. The lowest BCUT2D eigenvalue weighted by molar-refractivity contribution is 1.20. The number of nitrogens with zero attached hydrogens (tertiary/aromatic N) is 3. The van der Waals surface area contributed by atoms with Gasteiger partial charge in [-0.2, -0.15) is 0 Å². The summed E-state index contributed by atoms with van der Waals surface area (Å²) in [6, 6.07) is 23.9. The highest BCUT2D eigenvalue weighted by atomic mass is 35.5. The number of hydrogen-bond donors (Lipinski definition) is 1. The molecule has 0 fully saturated rings. The quantitative estimate of drug-likeness (QED) is 0.317. The van der Waals surface area contributed by atoms with Crippen LogP contribution in [0.25, 0.3) is 0 Å². The van der Waals surface area contributed by atoms with Crippen molar-refractivity contribution in [1.82, 2.24) is 4.98 Å². The molecule has 4 nitrogen and oxygen atoms in total. The van der Waals surface area contributed by atoms with Crippen molar-refractivity contribution < 1.29 is 0 Å². The number of benzene rings is 2. The maximum Gasteiger partial charge on any atom is 0.172 e. The lowest BCUT2D eigenvalue weighted by atomic mass is 10.2. The van der Waals surface area contributed by atoms with E-state index in [4.69, 9.17) is 17.3 Å².